The van der Waals surface area contributed by atoms with Crippen LogP contribution in [0.15, 0.2) is 18.2 Å². The van der Waals surface area contributed by atoms with Crippen LogP contribution in [0.2, 0.25) is 0 Å². The summed E-state index contributed by atoms with van der Waals surface area (Å²) in [5.41, 5.74) is 3.68. The minimum atomic E-state index is -0.758. The van der Waals surface area contributed by atoms with E-state index in [2.05, 4.69) is 42.3 Å². The van der Waals surface area contributed by atoms with Gasteiger partial charge in [-0.25, -0.2) is 0 Å². The quantitative estimate of drug-likeness (QED) is 0.712. The van der Waals surface area contributed by atoms with Crippen molar-refractivity contribution in [1.29, 1.82) is 0 Å². The van der Waals surface area contributed by atoms with E-state index in [9.17, 15) is 9.59 Å². The Bertz CT molecular complexity index is 643. The molecule has 2 N–H and O–H groups in total. The highest BCUT2D eigenvalue weighted by atomic mass is 16.4. The number of amides is 1. The summed E-state index contributed by atoms with van der Waals surface area (Å²) in [6.07, 6.45) is 5.45. The van der Waals surface area contributed by atoms with Crippen molar-refractivity contribution in [2.24, 2.45) is 5.92 Å². The largest absolute Gasteiger partial charge is 0.480 e. The van der Waals surface area contributed by atoms with Gasteiger partial charge in [0.15, 0.2) is 0 Å². The summed E-state index contributed by atoms with van der Waals surface area (Å²) >= 11 is 0. The monoisotopic (exact) mass is 358 g/mol. The Hall–Kier alpha value is -1.88. The zero-order valence-electron chi connectivity index (χ0n) is 15.8. The van der Waals surface area contributed by atoms with Crippen molar-refractivity contribution < 1.29 is 14.7 Å². The maximum atomic E-state index is 12.2. The highest BCUT2D eigenvalue weighted by molar-refractivity contribution is 5.76. The van der Waals surface area contributed by atoms with E-state index in [-0.39, 0.29) is 18.5 Å². The van der Waals surface area contributed by atoms with E-state index in [0.29, 0.717) is 18.4 Å². The third-order valence-corrected chi connectivity index (χ3v) is 5.44. The number of nitrogens with zero attached hydrogens (tertiary/aromatic N) is 1. The number of rotatable bonds is 9. The summed E-state index contributed by atoms with van der Waals surface area (Å²) in [4.78, 5) is 25.4. The second kappa shape index (κ2) is 8.21. The number of carboxylic acids is 1. The number of carbonyl (C=O) groups is 2. The molecule has 0 atom stereocenters. The average Bonchev–Trinajstić information content (AvgIpc) is 3.30. The summed E-state index contributed by atoms with van der Waals surface area (Å²) in [5, 5.41) is 12.2. The fourth-order valence-electron chi connectivity index (χ4n) is 3.92. The molecular weight excluding hydrogens is 328 g/mol. The average molecular weight is 358 g/mol. The lowest BCUT2D eigenvalue weighted by molar-refractivity contribution is -0.140. The predicted octanol–water partition coefficient (Wildman–Crippen LogP) is 2.68. The molecule has 2 fully saturated rings. The molecule has 0 radical (unpaired) electrons. The lowest BCUT2D eigenvalue weighted by atomic mass is 9.85. The molecule has 142 valence electrons. The van der Waals surface area contributed by atoms with Crippen molar-refractivity contribution in [3.63, 3.8) is 0 Å². The van der Waals surface area contributed by atoms with E-state index in [1.54, 1.807) is 0 Å². The van der Waals surface area contributed by atoms with Gasteiger partial charge in [0, 0.05) is 25.0 Å². The number of aryl methyl sites for hydroxylation is 3. The SMILES string of the molecule is Cc1cc(C)cc(CCC(=O)NC2CC(N(CC(=O)O)CC3CC3)C2)c1. The van der Waals surface area contributed by atoms with Crippen LogP contribution in [0.1, 0.15) is 48.8 Å². The molecule has 0 unspecified atom stereocenters. The van der Waals surface area contributed by atoms with Gasteiger partial charge in [-0.15, -0.1) is 0 Å². The smallest absolute Gasteiger partial charge is 0.317 e. The standard InChI is InChI=1S/C21H30N2O3/c1-14-7-15(2)9-17(8-14)5-6-20(24)22-18-10-19(11-18)23(13-21(25)26)12-16-3-4-16/h7-9,16,18-19H,3-6,10-13H2,1-2H3,(H,22,24)(H,25,26). The molecule has 0 saturated heterocycles. The fourth-order valence-corrected chi connectivity index (χ4v) is 3.92. The van der Waals surface area contributed by atoms with E-state index in [0.717, 1.165) is 25.8 Å². The zero-order valence-corrected chi connectivity index (χ0v) is 15.8. The lowest BCUT2D eigenvalue weighted by Gasteiger charge is -2.42. The summed E-state index contributed by atoms with van der Waals surface area (Å²) in [6.45, 7) is 5.17. The summed E-state index contributed by atoms with van der Waals surface area (Å²) < 4.78 is 0. The van der Waals surface area contributed by atoms with Gasteiger partial charge in [-0.3, -0.25) is 14.5 Å². The number of hydrogen-bond donors (Lipinski definition) is 2. The molecule has 5 nitrogen and oxygen atoms in total. The minimum absolute atomic E-state index is 0.0968. The van der Waals surface area contributed by atoms with Crippen LogP contribution in [-0.4, -0.2) is 47.1 Å². The van der Waals surface area contributed by atoms with Crippen molar-refractivity contribution in [1.82, 2.24) is 10.2 Å². The topological polar surface area (TPSA) is 69.6 Å². The number of nitrogens with one attached hydrogen (secondary N) is 1. The molecule has 0 spiro atoms. The van der Waals surface area contributed by atoms with Gasteiger partial charge in [-0.2, -0.15) is 0 Å². The summed E-state index contributed by atoms with van der Waals surface area (Å²) in [5.74, 6) is 0.0203. The normalized spacial score (nSPS) is 22.1. The summed E-state index contributed by atoms with van der Waals surface area (Å²) in [7, 11) is 0. The van der Waals surface area contributed by atoms with E-state index < -0.39 is 5.97 Å². The third-order valence-electron chi connectivity index (χ3n) is 5.44. The molecular formula is C21H30N2O3. The first-order chi connectivity index (χ1) is 12.4. The maximum absolute atomic E-state index is 12.2. The van der Waals surface area contributed by atoms with Crippen LogP contribution in [-0.2, 0) is 16.0 Å². The predicted molar refractivity (Wildman–Crippen MR) is 101 cm³/mol. The third kappa shape index (κ3) is 5.56. The zero-order chi connectivity index (χ0) is 18.7. The van der Waals surface area contributed by atoms with Crippen LogP contribution in [0.4, 0.5) is 0 Å². The van der Waals surface area contributed by atoms with Gasteiger partial charge in [0.25, 0.3) is 0 Å². The molecule has 0 aromatic heterocycles. The number of aliphatic carboxylic acids is 1. The molecule has 5 heteroatoms. The molecule has 2 aliphatic rings. The molecule has 0 heterocycles. The first kappa shape index (κ1) is 18.9. The molecule has 1 aromatic rings. The lowest BCUT2D eigenvalue weighted by Crippen LogP contribution is -2.55. The van der Waals surface area contributed by atoms with Crippen LogP contribution in [0.5, 0.6) is 0 Å². The van der Waals surface area contributed by atoms with E-state index >= 15 is 0 Å². The van der Waals surface area contributed by atoms with Crippen molar-refractivity contribution in [3.8, 4) is 0 Å². The molecule has 1 amide bonds. The summed E-state index contributed by atoms with van der Waals surface area (Å²) in [6, 6.07) is 6.92. The highest BCUT2D eigenvalue weighted by Gasteiger charge is 2.37. The van der Waals surface area contributed by atoms with Crippen molar-refractivity contribution >= 4 is 11.9 Å². The number of carboxylic acid groups (broad SMARTS) is 1. The van der Waals surface area contributed by atoms with Gasteiger partial charge in [0.05, 0.1) is 6.54 Å². The van der Waals surface area contributed by atoms with Crippen LogP contribution in [0.3, 0.4) is 0 Å². The first-order valence-corrected chi connectivity index (χ1v) is 9.71. The number of carbonyl (C=O) groups excluding carboxylic acids is 1. The molecule has 2 aliphatic carbocycles. The van der Waals surface area contributed by atoms with Gasteiger partial charge < -0.3 is 10.4 Å². The van der Waals surface area contributed by atoms with Gasteiger partial charge >= 0.3 is 5.97 Å². The molecule has 2 saturated carbocycles. The van der Waals surface area contributed by atoms with E-state index in [1.165, 1.54) is 29.5 Å². The highest BCUT2D eigenvalue weighted by Crippen LogP contribution is 2.33. The molecule has 26 heavy (non-hydrogen) atoms. The van der Waals surface area contributed by atoms with Crippen LogP contribution in [0, 0.1) is 19.8 Å². The Labute approximate surface area is 155 Å². The van der Waals surface area contributed by atoms with Gasteiger partial charge in [-0.1, -0.05) is 29.3 Å². The van der Waals surface area contributed by atoms with Gasteiger partial charge in [0.1, 0.15) is 0 Å². The minimum Gasteiger partial charge on any atom is -0.480 e. The van der Waals surface area contributed by atoms with Gasteiger partial charge in [-0.05, 0) is 57.4 Å². The van der Waals surface area contributed by atoms with Gasteiger partial charge in [0.2, 0.25) is 5.91 Å². The molecule has 3 rings (SSSR count). The van der Waals surface area contributed by atoms with Crippen molar-refractivity contribution in [2.75, 3.05) is 13.1 Å². The Morgan fingerprint density at radius 1 is 1.15 bits per heavy atom. The van der Waals surface area contributed by atoms with Crippen LogP contribution >= 0.6 is 0 Å². The number of hydrogen-bond acceptors (Lipinski definition) is 3. The van der Waals surface area contributed by atoms with E-state index in [1.807, 2.05) is 0 Å². The number of benzene rings is 1. The Balaban J connectivity index is 1.39. The molecule has 1 aromatic carbocycles. The Kier molecular flexibility index (Phi) is 5.97. The maximum Gasteiger partial charge on any atom is 0.317 e. The second-order valence-corrected chi connectivity index (χ2v) is 8.15. The second-order valence-electron chi connectivity index (χ2n) is 8.15. The van der Waals surface area contributed by atoms with Crippen molar-refractivity contribution in [3.05, 3.63) is 34.9 Å². The van der Waals surface area contributed by atoms with Crippen LogP contribution in [0.25, 0.3) is 0 Å². The van der Waals surface area contributed by atoms with Crippen LogP contribution < -0.4 is 5.32 Å². The van der Waals surface area contributed by atoms with E-state index in [4.69, 9.17) is 5.11 Å². The first-order valence-electron chi connectivity index (χ1n) is 9.71. The molecule has 0 bridgehead atoms. The fraction of sp³-hybridized carbons (Fsp3) is 0.619. The van der Waals surface area contributed by atoms with Crippen molar-refractivity contribution in [2.45, 2.75) is 64.5 Å². The molecule has 0 aliphatic heterocycles. The Morgan fingerprint density at radius 2 is 1.81 bits per heavy atom. The Morgan fingerprint density at radius 3 is 2.38 bits per heavy atom.